The van der Waals surface area contributed by atoms with E-state index in [2.05, 4.69) is 26.1 Å². The molecule has 0 bridgehead atoms. The molecule has 1 heterocycles. The SMILES string of the molecule is C[C@H](O)c1ccc(CCNC(=O)CC(C)(C)C)s1. The molecular weight excluding hydrogens is 246 g/mol. The van der Waals surface area contributed by atoms with Crippen LogP contribution < -0.4 is 5.32 Å². The Morgan fingerprint density at radius 1 is 1.44 bits per heavy atom. The Labute approximate surface area is 113 Å². The molecule has 1 aromatic heterocycles. The number of nitrogens with one attached hydrogen (secondary N) is 1. The summed E-state index contributed by atoms with van der Waals surface area (Å²) in [4.78, 5) is 13.8. The zero-order valence-electron chi connectivity index (χ0n) is 11.6. The van der Waals surface area contributed by atoms with Crippen molar-refractivity contribution >= 4 is 17.2 Å². The molecule has 0 fully saturated rings. The summed E-state index contributed by atoms with van der Waals surface area (Å²) < 4.78 is 0. The van der Waals surface area contributed by atoms with E-state index in [1.54, 1.807) is 18.3 Å². The van der Waals surface area contributed by atoms with Gasteiger partial charge in [-0.05, 0) is 30.9 Å². The number of carbonyl (C=O) groups is 1. The van der Waals surface area contributed by atoms with Crippen LogP contribution >= 0.6 is 11.3 Å². The lowest BCUT2D eigenvalue weighted by molar-refractivity contribution is -0.122. The molecule has 4 heteroatoms. The Morgan fingerprint density at radius 3 is 2.61 bits per heavy atom. The van der Waals surface area contributed by atoms with Crippen LogP contribution in [0.4, 0.5) is 0 Å². The topological polar surface area (TPSA) is 49.3 Å². The summed E-state index contributed by atoms with van der Waals surface area (Å²) in [5, 5.41) is 12.4. The summed E-state index contributed by atoms with van der Waals surface area (Å²) in [6, 6.07) is 3.96. The second-order valence-corrected chi connectivity index (χ2v) is 7.02. The lowest BCUT2D eigenvalue weighted by Crippen LogP contribution is -2.29. The molecule has 1 atom stereocenters. The van der Waals surface area contributed by atoms with Crippen LogP contribution in [0.2, 0.25) is 0 Å². The third kappa shape index (κ3) is 5.65. The molecule has 1 amide bonds. The molecule has 0 aliphatic rings. The van der Waals surface area contributed by atoms with E-state index < -0.39 is 6.10 Å². The van der Waals surface area contributed by atoms with Crippen LogP contribution in [0.15, 0.2) is 12.1 Å². The van der Waals surface area contributed by atoms with Crippen molar-refractivity contribution in [3.63, 3.8) is 0 Å². The molecule has 0 radical (unpaired) electrons. The highest BCUT2D eigenvalue weighted by Crippen LogP contribution is 2.23. The zero-order chi connectivity index (χ0) is 13.8. The van der Waals surface area contributed by atoms with Gasteiger partial charge in [0.25, 0.3) is 0 Å². The molecule has 1 aromatic rings. The van der Waals surface area contributed by atoms with Crippen molar-refractivity contribution in [2.45, 2.75) is 46.6 Å². The standard InChI is InChI=1S/C14H23NO2S/c1-10(16)12-6-5-11(18-12)7-8-15-13(17)9-14(2,3)4/h5-6,10,16H,7-9H2,1-4H3,(H,15,17)/t10-/m0/s1. The van der Waals surface area contributed by atoms with E-state index in [1.165, 1.54) is 4.88 Å². The van der Waals surface area contributed by atoms with E-state index >= 15 is 0 Å². The van der Waals surface area contributed by atoms with Gasteiger partial charge in [0.1, 0.15) is 0 Å². The second-order valence-electron chi connectivity index (χ2n) is 5.82. The van der Waals surface area contributed by atoms with E-state index in [4.69, 9.17) is 0 Å². The van der Waals surface area contributed by atoms with Gasteiger partial charge in [-0.25, -0.2) is 0 Å². The second kappa shape index (κ2) is 6.34. The van der Waals surface area contributed by atoms with Gasteiger partial charge in [-0.2, -0.15) is 0 Å². The first-order chi connectivity index (χ1) is 8.28. The van der Waals surface area contributed by atoms with E-state index in [0.717, 1.165) is 11.3 Å². The van der Waals surface area contributed by atoms with E-state index in [0.29, 0.717) is 13.0 Å². The number of hydrogen-bond donors (Lipinski definition) is 2. The summed E-state index contributed by atoms with van der Waals surface area (Å²) in [6.07, 6.45) is 0.975. The fourth-order valence-corrected chi connectivity index (χ4v) is 2.57. The minimum atomic E-state index is -0.403. The van der Waals surface area contributed by atoms with Crippen LogP contribution in [0.3, 0.4) is 0 Å². The summed E-state index contributed by atoms with van der Waals surface area (Å²) in [7, 11) is 0. The van der Waals surface area contributed by atoms with Crippen molar-refractivity contribution < 1.29 is 9.90 Å². The first-order valence-corrected chi connectivity index (χ1v) is 7.13. The van der Waals surface area contributed by atoms with Gasteiger partial charge in [-0.3, -0.25) is 4.79 Å². The summed E-state index contributed by atoms with van der Waals surface area (Å²) in [6.45, 7) is 8.59. The Kier molecular flexibility index (Phi) is 5.35. The van der Waals surface area contributed by atoms with Gasteiger partial charge in [0, 0.05) is 22.7 Å². The predicted octanol–water partition coefficient (Wildman–Crippen LogP) is 2.90. The number of carbonyl (C=O) groups excluding carboxylic acids is 1. The number of amides is 1. The normalized spacial score (nSPS) is 13.4. The maximum absolute atomic E-state index is 11.6. The highest BCUT2D eigenvalue weighted by Gasteiger charge is 2.15. The Bertz CT molecular complexity index is 391. The Hall–Kier alpha value is -0.870. The quantitative estimate of drug-likeness (QED) is 0.863. The summed E-state index contributed by atoms with van der Waals surface area (Å²) in [5.74, 6) is 0.106. The van der Waals surface area contributed by atoms with Crippen molar-refractivity contribution in [2.24, 2.45) is 5.41 Å². The molecule has 0 spiro atoms. The fraction of sp³-hybridized carbons (Fsp3) is 0.643. The van der Waals surface area contributed by atoms with Crippen molar-refractivity contribution in [3.8, 4) is 0 Å². The summed E-state index contributed by atoms with van der Waals surface area (Å²) >= 11 is 1.60. The highest BCUT2D eigenvalue weighted by atomic mass is 32.1. The first-order valence-electron chi connectivity index (χ1n) is 6.31. The average molecular weight is 269 g/mol. The maximum atomic E-state index is 11.6. The molecule has 1 rings (SSSR count). The summed E-state index contributed by atoms with van der Waals surface area (Å²) in [5.41, 5.74) is 0.0342. The lowest BCUT2D eigenvalue weighted by Gasteiger charge is -2.17. The molecule has 0 saturated heterocycles. The molecule has 0 aliphatic carbocycles. The number of thiophene rings is 1. The predicted molar refractivity (Wildman–Crippen MR) is 75.7 cm³/mol. The largest absolute Gasteiger partial charge is 0.388 e. The van der Waals surface area contributed by atoms with Crippen LogP contribution in [0.25, 0.3) is 0 Å². The first kappa shape index (κ1) is 15.2. The van der Waals surface area contributed by atoms with E-state index in [1.807, 2.05) is 12.1 Å². The third-order valence-corrected chi connectivity index (χ3v) is 3.79. The van der Waals surface area contributed by atoms with Gasteiger partial charge in [-0.15, -0.1) is 11.3 Å². The third-order valence-electron chi connectivity index (χ3n) is 2.48. The van der Waals surface area contributed by atoms with Gasteiger partial charge >= 0.3 is 0 Å². The molecule has 0 unspecified atom stereocenters. The minimum absolute atomic E-state index is 0.0342. The van der Waals surface area contributed by atoms with Crippen molar-refractivity contribution in [1.29, 1.82) is 0 Å². The number of aliphatic hydroxyl groups excluding tert-OH is 1. The fourth-order valence-electron chi connectivity index (χ4n) is 1.62. The van der Waals surface area contributed by atoms with E-state index in [9.17, 15) is 9.90 Å². The molecule has 0 aliphatic heterocycles. The van der Waals surface area contributed by atoms with Gasteiger partial charge in [0.15, 0.2) is 0 Å². The monoisotopic (exact) mass is 269 g/mol. The van der Waals surface area contributed by atoms with Crippen molar-refractivity contribution in [2.75, 3.05) is 6.54 Å². The van der Waals surface area contributed by atoms with Crippen LogP contribution in [0.5, 0.6) is 0 Å². The van der Waals surface area contributed by atoms with Gasteiger partial charge in [0.2, 0.25) is 5.91 Å². The zero-order valence-corrected chi connectivity index (χ0v) is 12.4. The molecular formula is C14H23NO2S. The number of aliphatic hydroxyl groups is 1. The Morgan fingerprint density at radius 2 is 2.11 bits per heavy atom. The Balaban J connectivity index is 2.31. The molecule has 18 heavy (non-hydrogen) atoms. The lowest BCUT2D eigenvalue weighted by atomic mass is 9.92. The minimum Gasteiger partial charge on any atom is -0.388 e. The van der Waals surface area contributed by atoms with Crippen molar-refractivity contribution in [1.82, 2.24) is 5.32 Å². The van der Waals surface area contributed by atoms with Gasteiger partial charge < -0.3 is 10.4 Å². The molecule has 0 saturated carbocycles. The van der Waals surface area contributed by atoms with E-state index in [-0.39, 0.29) is 11.3 Å². The molecule has 0 aromatic carbocycles. The number of rotatable bonds is 5. The molecule has 3 nitrogen and oxygen atoms in total. The van der Waals surface area contributed by atoms with Crippen LogP contribution in [-0.4, -0.2) is 17.6 Å². The van der Waals surface area contributed by atoms with Gasteiger partial charge in [0.05, 0.1) is 6.10 Å². The smallest absolute Gasteiger partial charge is 0.220 e. The molecule has 2 N–H and O–H groups in total. The average Bonchev–Trinajstić information content (AvgIpc) is 2.63. The molecule has 102 valence electrons. The highest BCUT2D eigenvalue weighted by molar-refractivity contribution is 7.12. The van der Waals surface area contributed by atoms with Crippen LogP contribution in [0, 0.1) is 5.41 Å². The van der Waals surface area contributed by atoms with Crippen LogP contribution in [-0.2, 0) is 11.2 Å². The van der Waals surface area contributed by atoms with Crippen LogP contribution in [0.1, 0.15) is 50.0 Å². The maximum Gasteiger partial charge on any atom is 0.220 e. The number of hydrogen-bond acceptors (Lipinski definition) is 3. The van der Waals surface area contributed by atoms with Gasteiger partial charge in [-0.1, -0.05) is 20.8 Å². The van der Waals surface area contributed by atoms with Crippen molar-refractivity contribution in [3.05, 3.63) is 21.9 Å².